The smallest absolute Gasteiger partial charge is 0.271 e. The van der Waals surface area contributed by atoms with Gasteiger partial charge in [0.15, 0.2) is 11.5 Å². The number of phenols is 1. The van der Waals surface area contributed by atoms with E-state index in [0.717, 1.165) is 5.56 Å². The minimum Gasteiger partial charge on any atom is -0.508 e. The number of hydrogen-bond acceptors (Lipinski definition) is 5. The summed E-state index contributed by atoms with van der Waals surface area (Å²) in [5, 5.41) is 13.2. The van der Waals surface area contributed by atoms with E-state index in [1.54, 1.807) is 24.3 Å². The molecular formula is C16H14N2O4. The van der Waals surface area contributed by atoms with Gasteiger partial charge >= 0.3 is 0 Å². The molecule has 112 valence electrons. The lowest BCUT2D eigenvalue weighted by Crippen LogP contribution is -2.17. The summed E-state index contributed by atoms with van der Waals surface area (Å²) in [5.74, 6) is 0.995. The number of benzene rings is 2. The zero-order valence-electron chi connectivity index (χ0n) is 11.7. The number of ether oxygens (including phenoxy) is 2. The largest absolute Gasteiger partial charge is 0.508 e. The summed E-state index contributed by atoms with van der Waals surface area (Å²) in [5.41, 5.74) is 3.51. The molecule has 0 atom stereocenters. The molecule has 1 amide bonds. The van der Waals surface area contributed by atoms with Crippen LogP contribution in [0.2, 0.25) is 0 Å². The van der Waals surface area contributed by atoms with Crippen LogP contribution in [0.5, 0.6) is 17.2 Å². The molecule has 6 nitrogen and oxygen atoms in total. The van der Waals surface area contributed by atoms with E-state index in [-0.39, 0.29) is 5.75 Å². The van der Waals surface area contributed by atoms with Crippen molar-refractivity contribution in [1.82, 2.24) is 5.43 Å². The van der Waals surface area contributed by atoms with Gasteiger partial charge in [0.25, 0.3) is 5.91 Å². The molecule has 0 radical (unpaired) electrons. The van der Waals surface area contributed by atoms with Crippen LogP contribution in [-0.4, -0.2) is 30.4 Å². The number of carbonyl (C=O) groups is 1. The first-order valence-electron chi connectivity index (χ1n) is 6.74. The Balaban J connectivity index is 1.66. The predicted octanol–water partition coefficient (Wildman–Crippen LogP) is 1.93. The number of phenolic OH excluding ortho intramolecular Hbond substituents is 1. The van der Waals surface area contributed by atoms with E-state index in [1.807, 2.05) is 6.07 Å². The van der Waals surface area contributed by atoms with Gasteiger partial charge in [-0.05, 0) is 42.0 Å². The SMILES string of the molecule is O=C(N/N=C/c1ccc2c(c1)OCCO2)c1cccc(O)c1. The van der Waals surface area contributed by atoms with Crippen molar-refractivity contribution < 1.29 is 19.4 Å². The lowest BCUT2D eigenvalue weighted by atomic mass is 10.2. The van der Waals surface area contributed by atoms with Crippen LogP contribution >= 0.6 is 0 Å². The Morgan fingerprint density at radius 3 is 2.77 bits per heavy atom. The summed E-state index contributed by atoms with van der Waals surface area (Å²) < 4.78 is 10.9. The van der Waals surface area contributed by atoms with E-state index in [2.05, 4.69) is 10.5 Å². The molecule has 2 N–H and O–H groups in total. The van der Waals surface area contributed by atoms with Gasteiger partial charge in [0.05, 0.1) is 6.21 Å². The minimum absolute atomic E-state index is 0.0310. The molecule has 1 aliphatic rings. The molecule has 22 heavy (non-hydrogen) atoms. The van der Waals surface area contributed by atoms with Crippen molar-refractivity contribution in [2.75, 3.05) is 13.2 Å². The number of fused-ring (bicyclic) bond motifs is 1. The number of aromatic hydroxyl groups is 1. The quantitative estimate of drug-likeness (QED) is 0.670. The van der Waals surface area contributed by atoms with E-state index < -0.39 is 5.91 Å². The predicted molar refractivity (Wildman–Crippen MR) is 80.6 cm³/mol. The van der Waals surface area contributed by atoms with Gasteiger partial charge in [0.2, 0.25) is 0 Å². The summed E-state index contributed by atoms with van der Waals surface area (Å²) in [6.07, 6.45) is 1.51. The van der Waals surface area contributed by atoms with Crippen molar-refractivity contribution in [2.45, 2.75) is 0 Å². The Kier molecular flexibility index (Phi) is 3.91. The average Bonchev–Trinajstić information content (AvgIpc) is 2.54. The maximum atomic E-state index is 11.8. The summed E-state index contributed by atoms with van der Waals surface area (Å²) >= 11 is 0. The zero-order valence-corrected chi connectivity index (χ0v) is 11.7. The van der Waals surface area contributed by atoms with Crippen molar-refractivity contribution in [3.05, 3.63) is 53.6 Å². The van der Waals surface area contributed by atoms with Crippen LogP contribution < -0.4 is 14.9 Å². The van der Waals surface area contributed by atoms with Crippen LogP contribution in [0.3, 0.4) is 0 Å². The highest BCUT2D eigenvalue weighted by atomic mass is 16.6. The van der Waals surface area contributed by atoms with Crippen LogP contribution in [0.4, 0.5) is 0 Å². The monoisotopic (exact) mass is 298 g/mol. The van der Waals surface area contributed by atoms with Crippen molar-refractivity contribution in [1.29, 1.82) is 0 Å². The van der Waals surface area contributed by atoms with Crippen molar-refractivity contribution >= 4 is 12.1 Å². The lowest BCUT2D eigenvalue weighted by Gasteiger charge is -2.18. The second kappa shape index (κ2) is 6.17. The van der Waals surface area contributed by atoms with E-state index >= 15 is 0 Å². The molecule has 0 aromatic heterocycles. The third kappa shape index (κ3) is 3.17. The average molecular weight is 298 g/mol. The first-order valence-corrected chi connectivity index (χ1v) is 6.74. The molecule has 6 heteroatoms. The molecule has 0 saturated carbocycles. The summed E-state index contributed by atoms with van der Waals surface area (Å²) in [6.45, 7) is 1.06. The summed E-state index contributed by atoms with van der Waals surface area (Å²) in [4.78, 5) is 11.8. The van der Waals surface area contributed by atoms with E-state index in [0.29, 0.717) is 30.3 Å². The molecule has 1 heterocycles. The maximum absolute atomic E-state index is 11.8. The van der Waals surface area contributed by atoms with Crippen molar-refractivity contribution in [3.8, 4) is 17.2 Å². The van der Waals surface area contributed by atoms with Gasteiger partial charge in [-0.15, -0.1) is 0 Å². The van der Waals surface area contributed by atoms with Gasteiger partial charge in [-0.3, -0.25) is 4.79 Å². The van der Waals surface area contributed by atoms with Gasteiger partial charge in [0.1, 0.15) is 19.0 Å². The molecule has 2 aromatic carbocycles. The van der Waals surface area contributed by atoms with Crippen LogP contribution in [0.1, 0.15) is 15.9 Å². The Morgan fingerprint density at radius 1 is 1.14 bits per heavy atom. The fourth-order valence-corrected chi connectivity index (χ4v) is 2.02. The van der Waals surface area contributed by atoms with Crippen LogP contribution in [0.15, 0.2) is 47.6 Å². The number of hydrazone groups is 1. The van der Waals surface area contributed by atoms with E-state index in [1.165, 1.54) is 18.3 Å². The van der Waals surface area contributed by atoms with Crippen LogP contribution in [0.25, 0.3) is 0 Å². The summed E-state index contributed by atoms with van der Waals surface area (Å²) in [6, 6.07) is 11.5. The maximum Gasteiger partial charge on any atom is 0.271 e. The molecule has 0 aliphatic carbocycles. The highest BCUT2D eigenvalue weighted by Crippen LogP contribution is 2.30. The normalized spacial score (nSPS) is 13.1. The number of nitrogens with one attached hydrogen (secondary N) is 1. The van der Waals surface area contributed by atoms with Crippen molar-refractivity contribution in [3.63, 3.8) is 0 Å². The minimum atomic E-state index is -0.398. The van der Waals surface area contributed by atoms with Gasteiger partial charge in [-0.2, -0.15) is 5.10 Å². The Hall–Kier alpha value is -3.02. The molecule has 0 bridgehead atoms. The highest BCUT2D eigenvalue weighted by Gasteiger charge is 2.11. The molecule has 3 rings (SSSR count). The number of nitrogens with zero attached hydrogens (tertiary/aromatic N) is 1. The second-order valence-corrected chi connectivity index (χ2v) is 4.65. The molecular weight excluding hydrogens is 284 g/mol. The fraction of sp³-hybridized carbons (Fsp3) is 0.125. The second-order valence-electron chi connectivity index (χ2n) is 4.65. The molecule has 0 spiro atoms. The number of hydrogen-bond donors (Lipinski definition) is 2. The third-order valence-corrected chi connectivity index (χ3v) is 3.05. The molecule has 0 saturated heterocycles. The van der Waals surface area contributed by atoms with E-state index in [4.69, 9.17) is 9.47 Å². The number of rotatable bonds is 3. The number of amides is 1. The first kappa shape index (κ1) is 13.9. The first-order chi connectivity index (χ1) is 10.7. The van der Waals surface area contributed by atoms with Gasteiger partial charge in [-0.1, -0.05) is 6.07 Å². The van der Waals surface area contributed by atoms with Gasteiger partial charge in [0, 0.05) is 5.56 Å². The fourth-order valence-electron chi connectivity index (χ4n) is 2.02. The lowest BCUT2D eigenvalue weighted by molar-refractivity contribution is 0.0954. The number of carbonyl (C=O) groups excluding carboxylic acids is 1. The Bertz CT molecular complexity index is 728. The van der Waals surface area contributed by atoms with Crippen LogP contribution in [-0.2, 0) is 0 Å². The van der Waals surface area contributed by atoms with E-state index in [9.17, 15) is 9.90 Å². The molecule has 0 fully saturated rings. The Labute approximate surface area is 127 Å². The van der Waals surface area contributed by atoms with Gasteiger partial charge < -0.3 is 14.6 Å². The van der Waals surface area contributed by atoms with Crippen LogP contribution in [0, 0.1) is 0 Å². The third-order valence-electron chi connectivity index (χ3n) is 3.05. The van der Waals surface area contributed by atoms with Gasteiger partial charge in [-0.25, -0.2) is 5.43 Å². The Morgan fingerprint density at radius 2 is 1.95 bits per heavy atom. The standard InChI is InChI=1S/C16H14N2O4/c19-13-3-1-2-12(9-13)16(20)18-17-10-11-4-5-14-15(8-11)22-7-6-21-14/h1-5,8-10,19H,6-7H2,(H,18,20)/b17-10+. The summed E-state index contributed by atoms with van der Waals surface area (Å²) in [7, 11) is 0. The highest BCUT2D eigenvalue weighted by molar-refractivity contribution is 5.95. The topological polar surface area (TPSA) is 80.2 Å². The molecule has 1 aliphatic heterocycles. The molecule has 2 aromatic rings. The molecule has 0 unspecified atom stereocenters. The van der Waals surface area contributed by atoms with Crippen molar-refractivity contribution in [2.24, 2.45) is 5.10 Å². The zero-order chi connectivity index (χ0) is 15.4.